The number of rotatable bonds is 6. The standard InChI is InChI=1S/C14H15NO4S2/c1-2-12-7-8-14(20-12)21(18,19)15-11-5-3-10(4-6-11)9-13(16)17/h3-8,15H,2,9H2,1H3,(H,16,17). The smallest absolute Gasteiger partial charge is 0.307 e. The summed E-state index contributed by atoms with van der Waals surface area (Å²) in [6, 6.07) is 9.70. The number of carboxylic acid groups (broad SMARTS) is 1. The summed E-state index contributed by atoms with van der Waals surface area (Å²) in [5, 5.41) is 8.69. The van der Waals surface area contributed by atoms with E-state index in [9.17, 15) is 13.2 Å². The van der Waals surface area contributed by atoms with Crippen molar-refractivity contribution in [3.8, 4) is 0 Å². The molecule has 1 heterocycles. The van der Waals surface area contributed by atoms with Crippen LogP contribution in [0.25, 0.3) is 0 Å². The Labute approximate surface area is 127 Å². The number of carbonyl (C=O) groups is 1. The lowest BCUT2D eigenvalue weighted by Crippen LogP contribution is -2.11. The third-order valence-electron chi connectivity index (χ3n) is 2.81. The van der Waals surface area contributed by atoms with Gasteiger partial charge in [0.15, 0.2) is 0 Å². The molecule has 21 heavy (non-hydrogen) atoms. The van der Waals surface area contributed by atoms with Crippen molar-refractivity contribution in [2.75, 3.05) is 4.72 Å². The number of aliphatic carboxylic acids is 1. The highest BCUT2D eigenvalue weighted by Gasteiger charge is 2.16. The lowest BCUT2D eigenvalue weighted by Gasteiger charge is -2.06. The number of anilines is 1. The van der Waals surface area contributed by atoms with E-state index in [2.05, 4.69) is 4.72 Å². The Hall–Kier alpha value is -1.86. The van der Waals surface area contributed by atoms with Gasteiger partial charge < -0.3 is 5.11 Å². The average Bonchev–Trinajstić information content (AvgIpc) is 2.90. The first-order valence-electron chi connectivity index (χ1n) is 6.33. The van der Waals surface area contributed by atoms with E-state index in [0.29, 0.717) is 11.3 Å². The SMILES string of the molecule is CCc1ccc(S(=O)(=O)Nc2ccc(CC(=O)O)cc2)s1. The summed E-state index contributed by atoms with van der Waals surface area (Å²) in [6.07, 6.45) is 0.710. The summed E-state index contributed by atoms with van der Waals surface area (Å²) in [5.74, 6) is -0.922. The van der Waals surface area contributed by atoms with E-state index in [1.807, 2.05) is 6.92 Å². The van der Waals surface area contributed by atoms with E-state index in [1.165, 1.54) is 11.3 Å². The van der Waals surface area contributed by atoms with Crippen LogP contribution in [0.4, 0.5) is 5.69 Å². The fourth-order valence-electron chi connectivity index (χ4n) is 1.76. The van der Waals surface area contributed by atoms with Crippen molar-refractivity contribution in [1.82, 2.24) is 0 Å². The Morgan fingerprint density at radius 2 is 1.86 bits per heavy atom. The lowest BCUT2D eigenvalue weighted by molar-refractivity contribution is -0.136. The van der Waals surface area contributed by atoms with Gasteiger partial charge in [-0.1, -0.05) is 19.1 Å². The molecule has 0 radical (unpaired) electrons. The van der Waals surface area contributed by atoms with Crippen molar-refractivity contribution in [1.29, 1.82) is 0 Å². The number of thiophene rings is 1. The number of hydrogen-bond donors (Lipinski definition) is 2. The molecule has 2 rings (SSSR count). The molecule has 0 aliphatic rings. The molecule has 0 saturated heterocycles. The number of nitrogens with one attached hydrogen (secondary N) is 1. The Morgan fingerprint density at radius 1 is 1.19 bits per heavy atom. The third kappa shape index (κ3) is 4.05. The maximum Gasteiger partial charge on any atom is 0.307 e. The molecule has 0 bridgehead atoms. The zero-order chi connectivity index (χ0) is 15.5. The molecule has 0 spiro atoms. The minimum atomic E-state index is -3.59. The Morgan fingerprint density at radius 3 is 2.38 bits per heavy atom. The fraction of sp³-hybridized carbons (Fsp3) is 0.214. The van der Waals surface area contributed by atoms with Crippen molar-refractivity contribution >= 4 is 33.0 Å². The van der Waals surface area contributed by atoms with Crippen LogP contribution in [0.3, 0.4) is 0 Å². The van der Waals surface area contributed by atoms with E-state index in [-0.39, 0.29) is 10.6 Å². The van der Waals surface area contributed by atoms with Gasteiger partial charge in [0.2, 0.25) is 0 Å². The second-order valence-corrected chi connectivity index (χ2v) is 7.52. The van der Waals surface area contributed by atoms with Gasteiger partial charge in [0, 0.05) is 10.6 Å². The van der Waals surface area contributed by atoms with Crippen LogP contribution in [0.1, 0.15) is 17.4 Å². The van der Waals surface area contributed by atoms with Crippen molar-refractivity contribution in [3.05, 3.63) is 46.8 Å². The van der Waals surface area contributed by atoms with Gasteiger partial charge in [-0.2, -0.15) is 0 Å². The predicted octanol–water partition coefficient (Wildman–Crippen LogP) is 2.74. The van der Waals surface area contributed by atoms with Gasteiger partial charge in [-0.05, 0) is 36.2 Å². The minimum Gasteiger partial charge on any atom is -0.481 e. The molecular formula is C14H15NO4S2. The van der Waals surface area contributed by atoms with E-state index < -0.39 is 16.0 Å². The maximum atomic E-state index is 12.2. The molecule has 112 valence electrons. The molecule has 2 N–H and O–H groups in total. The first-order chi connectivity index (χ1) is 9.90. The van der Waals surface area contributed by atoms with E-state index in [1.54, 1.807) is 36.4 Å². The van der Waals surface area contributed by atoms with Gasteiger partial charge in [0.1, 0.15) is 4.21 Å². The zero-order valence-corrected chi connectivity index (χ0v) is 13.0. The molecule has 1 aromatic carbocycles. The Bertz CT molecular complexity index is 733. The van der Waals surface area contributed by atoms with Gasteiger partial charge in [0.05, 0.1) is 6.42 Å². The summed E-state index contributed by atoms with van der Waals surface area (Å²) in [7, 11) is -3.59. The van der Waals surface area contributed by atoms with E-state index >= 15 is 0 Å². The summed E-state index contributed by atoms with van der Waals surface area (Å²) < 4.78 is 27.2. The molecule has 7 heteroatoms. The molecule has 0 unspecified atom stereocenters. The molecule has 2 aromatic rings. The van der Waals surface area contributed by atoms with Crippen LogP contribution < -0.4 is 4.72 Å². The van der Waals surface area contributed by atoms with Gasteiger partial charge in [-0.3, -0.25) is 9.52 Å². The summed E-state index contributed by atoms with van der Waals surface area (Å²) in [4.78, 5) is 11.6. The fourth-order valence-corrected chi connectivity index (χ4v) is 4.12. The zero-order valence-electron chi connectivity index (χ0n) is 11.4. The second kappa shape index (κ2) is 6.28. The largest absolute Gasteiger partial charge is 0.481 e. The van der Waals surface area contributed by atoms with Crippen LogP contribution in [0.2, 0.25) is 0 Å². The molecule has 0 atom stereocenters. The number of carboxylic acids is 1. The molecule has 0 aliphatic heterocycles. The van der Waals surface area contributed by atoms with Crippen LogP contribution in [0.5, 0.6) is 0 Å². The number of sulfonamides is 1. The summed E-state index contributed by atoms with van der Waals surface area (Å²) in [6.45, 7) is 1.97. The minimum absolute atomic E-state index is 0.0855. The third-order valence-corrected chi connectivity index (χ3v) is 5.91. The summed E-state index contributed by atoms with van der Waals surface area (Å²) >= 11 is 1.24. The maximum absolute atomic E-state index is 12.2. The molecule has 1 aromatic heterocycles. The molecular weight excluding hydrogens is 310 g/mol. The van der Waals surface area contributed by atoms with Crippen LogP contribution in [0, 0.1) is 0 Å². The van der Waals surface area contributed by atoms with Crippen LogP contribution >= 0.6 is 11.3 Å². The highest BCUT2D eigenvalue weighted by molar-refractivity contribution is 7.94. The quantitative estimate of drug-likeness (QED) is 0.855. The van der Waals surface area contributed by atoms with Crippen molar-refractivity contribution in [3.63, 3.8) is 0 Å². The monoisotopic (exact) mass is 325 g/mol. The van der Waals surface area contributed by atoms with Gasteiger partial charge in [-0.15, -0.1) is 11.3 Å². The lowest BCUT2D eigenvalue weighted by atomic mass is 10.1. The van der Waals surface area contributed by atoms with Gasteiger partial charge >= 0.3 is 5.97 Å². The molecule has 5 nitrogen and oxygen atoms in total. The van der Waals surface area contributed by atoms with Gasteiger partial charge in [0.25, 0.3) is 10.0 Å². The highest BCUT2D eigenvalue weighted by Crippen LogP contribution is 2.24. The number of aryl methyl sites for hydroxylation is 1. The van der Waals surface area contributed by atoms with E-state index in [4.69, 9.17) is 5.11 Å². The van der Waals surface area contributed by atoms with E-state index in [0.717, 1.165) is 11.3 Å². The normalized spacial score (nSPS) is 11.3. The topological polar surface area (TPSA) is 83.5 Å². The van der Waals surface area contributed by atoms with Crippen LogP contribution in [-0.4, -0.2) is 19.5 Å². The molecule has 0 fully saturated rings. The highest BCUT2D eigenvalue weighted by atomic mass is 32.2. The van der Waals surface area contributed by atoms with Crippen molar-refractivity contribution in [2.24, 2.45) is 0 Å². The summed E-state index contributed by atoms with van der Waals surface area (Å²) in [5.41, 5.74) is 1.03. The average molecular weight is 325 g/mol. The molecule has 0 amide bonds. The van der Waals surface area contributed by atoms with Crippen LogP contribution in [-0.2, 0) is 27.7 Å². The molecule has 0 saturated carbocycles. The molecule has 0 aliphatic carbocycles. The number of hydrogen-bond acceptors (Lipinski definition) is 4. The van der Waals surface area contributed by atoms with Crippen molar-refractivity contribution < 1.29 is 18.3 Å². The predicted molar refractivity (Wildman–Crippen MR) is 82.3 cm³/mol. The first kappa shape index (κ1) is 15.5. The first-order valence-corrected chi connectivity index (χ1v) is 8.63. The Balaban J connectivity index is 2.14. The van der Waals surface area contributed by atoms with Crippen molar-refractivity contribution in [2.45, 2.75) is 24.0 Å². The number of benzene rings is 1. The Kier molecular flexibility index (Phi) is 4.64. The van der Waals surface area contributed by atoms with Gasteiger partial charge in [-0.25, -0.2) is 8.42 Å². The van der Waals surface area contributed by atoms with Crippen LogP contribution in [0.15, 0.2) is 40.6 Å². The second-order valence-electron chi connectivity index (χ2n) is 4.45.